The third-order valence-corrected chi connectivity index (χ3v) is 3.50. The number of hydrogen-bond acceptors (Lipinski definition) is 2. The lowest BCUT2D eigenvalue weighted by molar-refractivity contribution is -0.108. The Labute approximate surface area is 78.6 Å². The summed E-state index contributed by atoms with van der Waals surface area (Å²) in [5.74, 6) is 0.948. The van der Waals surface area contributed by atoms with Crippen molar-refractivity contribution in [3.63, 3.8) is 0 Å². The van der Waals surface area contributed by atoms with Gasteiger partial charge in [0.05, 0.1) is 0 Å². The largest absolute Gasteiger partial charge is 0.282 e. The molecule has 0 bridgehead atoms. The highest BCUT2D eigenvalue weighted by Gasteiger charge is 2.27. The molecule has 2 heteroatoms. The highest BCUT2D eigenvalue weighted by Crippen LogP contribution is 2.34. The number of hydrogen-bond donors (Lipinski definition) is 0. The number of rotatable bonds is 2. The maximum absolute atomic E-state index is 11.4. The molecule has 1 atom stereocenters. The lowest BCUT2D eigenvalue weighted by Crippen LogP contribution is -2.04. The summed E-state index contributed by atoms with van der Waals surface area (Å²) in [5, 5.41) is 0.693. The summed E-state index contributed by atoms with van der Waals surface area (Å²) in [6.45, 7) is 8.47. The molecule has 0 fully saturated rings. The van der Waals surface area contributed by atoms with Crippen LogP contribution in [0.4, 0.5) is 0 Å². The zero-order valence-corrected chi connectivity index (χ0v) is 8.94. The molecule has 0 N–H and O–H groups in total. The number of carbonyl (C=O) groups is 1. The van der Waals surface area contributed by atoms with Crippen molar-refractivity contribution in [3.05, 3.63) is 11.6 Å². The van der Waals surface area contributed by atoms with Crippen molar-refractivity contribution >= 4 is 16.9 Å². The van der Waals surface area contributed by atoms with Gasteiger partial charge < -0.3 is 0 Å². The minimum atomic E-state index is 0.281. The number of carbonyl (C=O) groups excluding carboxylic acids is 1. The van der Waals surface area contributed by atoms with Gasteiger partial charge in [0.1, 0.15) is 0 Å². The molecule has 0 aliphatic carbocycles. The van der Waals surface area contributed by atoms with Gasteiger partial charge in [0, 0.05) is 10.8 Å². The van der Waals surface area contributed by atoms with E-state index in [1.807, 2.05) is 0 Å². The van der Waals surface area contributed by atoms with Crippen LogP contribution in [-0.4, -0.2) is 10.4 Å². The lowest BCUT2D eigenvalue weighted by atomic mass is 10.0. The van der Waals surface area contributed by atoms with E-state index >= 15 is 0 Å². The molecule has 0 saturated carbocycles. The molecule has 1 aliphatic heterocycles. The standard InChI is InChI=1S/C10H16OS/c1-6(2)8-5-9(7(3)4)12-10(8)11/h5-7,9H,1-4H3. The van der Waals surface area contributed by atoms with Gasteiger partial charge in [0.25, 0.3) is 0 Å². The molecule has 1 unspecified atom stereocenters. The normalized spacial score (nSPS) is 24.0. The molecule has 1 aliphatic rings. The topological polar surface area (TPSA) is 17.1 Å². The zero-order chi connectivity index (χ0) is 9.30. The Hall–Kier alpha value is -0.240. The fourth-order valence-electron chi connectivity index (χ4n) is 1.23. The SMILES string of the molecule is CC(C)C1=CC(C(C)C)SC1=O. The van der Waals surface area contributed by atoms with Crippen LogP contribution in [0.1, 0.15) is 27.7 Å². The Morgan fingerprint density at radius 2 is 1.92 bits per heavy atom. The van der Waals surface area contributed by atoms with Crippen molar-refractivity contribution in [1.29, 1.82) is 0 Å². The molecular weight excluding hydrogens is 168 g/mol. The zero-order valence-electron chi connectivity index (χ0n) is 8.13. The molecule has 0 amide bonds. The highest BCUT2D eigenvalue weighted by molar-refractivity contribution is 8.15. The summed E-state index contributed by atoms with van der Waals surface area (Å²) in [7, 11) is 0. The fourth-order valence-corrected chi connectivity index (χ4v) is 2.40. The summed E-state index contributed by atoms with van der Waals surface area (Å²) in [5.41, 5.74) is 1.01. The van der Waals surface area contributed by atoms with E-state index in [2.05, 4.69) is 33.8 Å². The first kappa shape index (κ1) is 9.85. The third kappa shape index (κ3) is 1.92. The van der Waals surface area contributed by atoms with Gasteiger partial charge in [-0.25, -0.2) is 0 Å². The minimum Gasteiger partial charge on any atom is -0.282 e. The Morgan fingerprint density at radius 3 is 2.17 bits per heavy atom. The minimum absolute atomic E-state index is 0.281. The van der Waals surface area contributed by atoms with Gasteiger partial charge in [-0.05, 0) is 11.8 Å². The van der Waals surface area contributed by atoms with E-state index in [4.69, 9.17) is 0 Å². The predicted molar refractivity (Wildman–Crippen MR) is 54.1 cm³/mol. The summed E-state index contributed by atoms with van der Waals surface area (Å²) in [4.78, 5) is 11.4. The second-order valence-corrected chi connectivity index (χ2v) is 5.04. The molecule has 0 spiro atoms. The van der Waals surface area contributed by atoms with Gasteiger partial charge in [-0.3, -0.25) is 4.79 Å². The van der Waals surface area contributed by atoms with E-state index in [1.54, 1.807) is 0 Å². The van der Waals surface area contributed by atoms with Crippen LogP contribution in [-0.2, 0) is 4.79 Å². The van der Waals surface area contributed by atoms with E-state index in [1.165, 1.54) is 11.8 Å². The summed E-state index contributed by atoms with van der Waals surface area (Å²) >= 11 is 1.48. The lowest BCUT2D eigenvalue weighted by Gasteiger charge is -2.08. The van der Waals surface area contributed by atoms with Crippen molar-refractivity contribution in [2.45, 2.75) is 32.9 Å². The summed E-state index contributed by atoms with van der Waals surface area (Å²) < 4.78 is 0. The fraction of sp³-hybridized carbons (Fsp3) is 0.700. The van der Waals surface area contributed by atoms with Crippen LogP contribution in [0.5, 0.6) is 0 Å². The number of thioether (sulfide) groups is 1. The van der Waals surface area contributed by atoms with Crippen molar-refractivity contribution < 1.29 is 4.79 Å². The Bertz CT molecular complexity index is 216. The molecule has 0 aromatic rings. The Morgan fingerprint density at radius 1 is 1.33 bits per heavy atom. The van der Waals surface area contributed by atoms with E-state index in [0.29, 0.717) is 17.1 Å². The molecule has 12 heavy (non-hydrogen) atoms. The van der Waals surface area contributed by atoms with Crippen LogP contribution >= 0.6 is 11.8 Å². The third-order valence-electron chi connectivity index (χ3n) is 2.10. The second kappa shape index (κ2) is 3.65. The maximum atomic E-state index is 11.4. The molecular formula is C10H16OS. The smallest absolute Gasteiger partial charge is 0.215 e. The quantitative estimate of drug-likeness (QED) is 0.656. The molecule has 0 radical (unpaired) electrons. The molecule has 0 aromatic heterocycles. The first-order valence-electron chi connectivity index (χ1n) is 4.45. The van der Waals surface area contributed by atoms with E-state index in [0.717, 1.165) is 5.57 Å². The summed E-state index contributed by atoms with van der Waals surface area (Å²) in [6.07, 6.45) is 2.14. The van der Waals surface area contributed by atoms with Gasteiger partial charge in [-0.1, -0.05) is 45.5 Å². The van der Waals surface area contributed by atoms with Gasteiger partial charge in [0.2, 0.25) is 5.12 Å². The molecule has 68 valence electrons. The predicted octanol–water partition coefficient (Wildman–Crippen LogP) is 2.87. The van der Waals surface area contributed by atoms with Crippen LogP contribution in [0.25, 0.3) is 0 Å². The van der Waals surface area contributed by atoms with Gasteiger partial charge in [0.15, 0.2) is 0 Å². The Kier molecular flexibility index (Phi) is 2.99. The van der Waals surface area contributed by atoms with Crippen molar-refractivity contribution in [1.82, 2.24) is 0 Å². The molecule has 1 heterocycles. The molecule has 1 nitrogen and oxygen atoms in total. The molecule has 1 rings (SSSR count). The van der Waals surface area contributed by atoms with Crippen LogP contribution in [0.3, 0.4) is 0 Å². The maximum Gasteiger partial charge on any atom is 0.215 e. The first-order chi connectivity index (χ1) is 5.52. The van der Waals surface area contributed by atoms with Crippen LogP contribution in [0.2, 0.25) is 0 Å². The van der Waals surface area contributed by atoms with Gasteiger partial charge in [-0.2, -0.15) is 0 Å². The van der Waals surface area contributed by atoms with Crippen LogP contribution in [0, 0.1) is 11.8 Å². The highest BCUT2D eigenvalue weighted by atomic mass is 32.2. The van der Waals surface area contributed by atoms with Crippen molar-refractivity contribution in [2.24, 2.45) is 11.8 Å². The summed E-state index contributed by atoms with van der Waals surface area (Å²) in [6, 6.07) is 0. The first-order valence-corrected chi connectivity index (χ1v) is 5.33. The van der Waals surface area contributed by atoms with E-state index in [-0.39, 0.29) is 5.12 Å². The average molecular weight is 184 g/mol. The monoisotopic (exact) mass is 184 g/mol. The van der Waals surface area contributed by atoms with E-state index < -0.39 is 0 Å². The molecule has 0 saturated heterocycles. The van der Waals surface area contributed by atoms with Crippen LogP contribution < -0.4 is 0 Å². The molecule has 0 aromatic carbocycles. The van der Waals surface area contributed by atoms with Crippen molar-refractivity contribution in [2.75, 3.05) is 0 Å². The van der Waals surface area contributed by atoms with Gasteiger partial charge >= 0.3 is 0 Å². The Balaban J connectivity index is 2.75. The van der Waals surface area contributed by atoms with Crippen LogP contribution in [0.15, 0.2) is 11.6 Å². The van der Waals surface area contributed by atoms with Crippen molar-refractivity contribution in [3.8, 4) is 0 Å². The van der Waals surface area contributed by atoms with E-state index in [9.17, 15) is 4.79 Å². The second-order valence-electron chi connectivity index (χ2n) is 3.89. The average Bonchev–Trinajstić information content (AvgIpc) is 2.30. The van der Waals surface area contributed by atoms with Gasteiger partial charge in [-0.15, -0.1) is 0 Å².